The summed E-state index contributed by atoms with van der Waals surface area (Å²) in [6, 6.07) is 3.50. The topological polar surface area (TPSA) is 52.6 Å². The molecule has 0 aromatic heterocycles. The van der Waals surface area contributed by atoms with E-state index >= 15 is 0 Å². The van der Waals surface area contributed by atoms with Crippen LogP contribution in [0.1, 0.15) is 36.0 Å². The van der Waals surface area contributed by atoms with E-state index in [1.165, 1.54) is 0 Å². The zero-order chi connectivity index (χ0) is 14.1. The zero-order valence-corrected chi connectivity index (χ0v) is 12.6. The molecule has 20 heavy (non-hydrogen) atoms. The van der Waals surface area contributed by atoms with E-state index in [0.717, 1.165) is 10.9 Å². The molecule has 106 valence electrons. The van der Waals surface area contributed by atoms with E-state index < -0.39 is 0 Å². The highest BCUT2D eigenvalue weighted by molar-refractivity contribution is 9.10. The first-order chi connectivity index (χ1) is 9.65. The number of hydrogen-bond donors (Lipinski definition) is 0. The maximum atomic E-state index is 12.4. The molecular formula is C15H15BrO4. The first-order valence-electron chi connectivity index (χ1n) is 6.80. The predicted molar refractivity (Wildman–Crippen MR) is 76.4 cm³/mol. The number of benzene rings is 1. The Balaban J connectivity index is 1.90. The van der Waals surface area contributed by atoms with Gasteiger partial charge in [-0.05, 0) is 34.5 Å². The molecule has 1 aliphatic carbocycles. The van der Waals surface area contributed by atoms with E-state index in [1.807, 2.05) is 0 Å². The predicted octanol–water partition coefficient (Wildman–Crippen LogP) is 3.16. The fourth-order valence-electron chi connectivity index (χ4n) is 2.65. The minimum absolute atomic E-state index is 0.0206. The van der Waals surface area contributed by atoms with Crippen molar-refractivity contribution in [2.75, 3.05) is 13.2 Å². The number of rotatable bonds is 2. The van der Waals surface area contributed by atoms with Crippen molar-refractivity contribution < 1.29 is 19.1 Å². The molecule has 5 heteroatoms. The fourth-order valence-corrected chi connectivity index (χ4v) is 3.20. The van der Waals surface area contributed by atoms with Gasteiger partial charge in [0.2, 0.25) is 0 Å². The van der Waals surface area contributed by atoms with Crippen molar-refractivity contribution in [1.82, 2.24) is 0 Å². The minimum atomic E-state index is -0.181. The van der Waals surface area contributed by atoms with Crippen molar-refractivity contribution in [3.63, 3.8) is 0 Å². The number of ketones is 2. The highest BCUT2D eigenvalue weighted by atomic mass is 79.9. The van der Waals surface area contributed by atoms with Crippen LogP contribution in [-0.4, -0.2) is 24.8 Å². The fraction of sp³-hybridized carbons (Fsp3) is 0.467. The van der Waals surface area contributed by atoms with Gasteiger partial charge >= 0.3 is 0 Å². The van der Waals surface area contributed by atoms with Crippen molar-refractivity contribution in [3.05, 3.63) is 22.2 Å². The Bertz CT molecular complexity index is 567. The third-order valence-electron chi connectivity index (χ3n) is 3.70. The molecule has 1 aliphatic heterocycles. The largest absolute Gasteiger partial charge is 0.489 e. The smallest absolute Gasteiger partial charge is 0.175 e. The van der Waals surface area contributed by atoms with Gasteiger partial charge in [-0.3, -0.25) is 9.59 Å². The van der Waals surface area contributed by atoms with Gasteiger partial charge in [-0.25, -0.2) is 0 Å². The van der Waals surface area contributed by atoms with Crippen LogP contribution in [0, 0.1) is 5.92 Å². The van der Waals surface area contributed by atoms with Crippen LogP contribution in [0.25, 0.3) is 0 Å². The minimum Gasteiger partial charge on any atom is -0.489 e. The van der Waals surface area contributed by atoms with Crippen LogP contribution in [0.2, 0.25) is 0 Å². The van der Waals surface area contributed by atoms with E-state index in [1.54, 1.807) is 12.1 Å². The zero-order valence-electron chi connectivity index (χ0n) is 11.0. The van der Waals surface area contributed by atoms with Gasteiger partial charge < -0.3 is 9.47 Å². The standard InChI is InChI=1S/C15H15BrO4/c16-12-7-10(14(18)9-2-3-11(17)6-9)8-13-15(12)20-5-1-4-19-13/h7-9H,1-6H2. The SMILES string of the molecule is O=C1CCC(C(=O)c2cc(Br)c3c(c2)OCCCO3)C1. The highest BCUT2D eigenvalue weighted by Gasteiger charge is 2.30. The average Bonchev–Trinajstić information content (AvgIpc) is 2.72. The van der Waals surface area contributed by atoms with Gasteiger partial charge in [-0.1, -0.05) is 0 Å². The number of carbonyl (C=O) groups excluding carboxylic acids is 2. The van der Waals surface area contributed by atoms with Crippen molar-refractivity contribution in [2.24, 2.45) is 5.92 Å². The normalized spacial score (nSPS) is 21.6. The monoisotopic (exact) mass is 338 g/mol. The Morgan fingerprint density at radius 3 is 2.80 bits per heavy atom. The van der Waals surface area contributed by atoms with Gasteiger partial charge in [0.1, 0.15) is 5.78 Å². The second-order valence-electron chi connectivity index (χ2n) is 5.18. The summed E-state index contributed by atoms with van der Waals surface area (Å²) in [5.41, 5.74) is 0.584. The lowest BCUT2D eigenvalue weighted by molar-refractivity contribution is -0.117. The molecule has 2 aliphatic rings. The molecule has 1 unspecified atom stereocenters. The van der Waals surface area contributed by atoms with Gasteiger partial charge in [-0.2, -0.15) is 0 Å². The summed E-state index contributed by atoms with van der Waals surface area (Å²) in [6.45, 7) is 1.19. The summed E-state index contributed by atoms with van der Waals surface area (Å²) in [5, 5.41) is 0. The molecular weight excluding hydrogens is 324 g/mol. The van der Waals surface area contributed by atoms with Gasteiger partial charge in [0.25, 0.3) is 0 Å². The molecule has 3 rings (SSSR count). The summed E-state index contributed by atoms with van der Waals surface area (Å²) in [7, 11) is 0. The maximum Gasteiger partial charge on any atom is 0.175 e. The van der Waals surface area contributed by atoms with E-state index in [4.69, 9.17) is 9.47 Å². The van der Waals surface area contributed by atoms with Crippen LogP contribution in [0.15, 0.2) is 16.6 Å². The quantitative estimate of drug-likeness (QED) is 0.777. The molecule has 1 aromatic carbocycles. The lowest BCUT2D eigenvalue weighted by atomic mass is 9.96. The van der Waals surface area contributed by atoms with Crippen LogP contribution in [0.4, 0.5) is 0 Å². The van der Waals surface area contributed by atoms with Crippen LogP contribution >= 0.6 is 15.9 Å². The molecule has 1 aromatic rings. The van der Waals surface area contributed by atoms with Crippen LogP contribution < -0.4 is 9.47 Å². The molecule has 1 fully saturated rings. The first-order valence-corrected chi connectivity index (χ1v) is 7.59. The molecule has 0 radical (unpaired) electrons. The number of ether oxygens (including phenoxy) is 2. The van der Waals surface area contributed by atoms with E-state index in [0.29, 0.717) is 49.5 Å². The Kier molecular flexibility index (Phi) is 3.78. The summed E-state index contributed by atoms with van der Waals surface area (Å²) >= 11 is 3.43. The lowest BCUT2D eigenvalue weighted by Gasteiger charge is -2.13. The van der Waals surface area contributed by atoms with Crippen LogP contribution in [0.5, 0.6) is 11.5 Å². The third-order valence-corrected chi connectivity index (χ3v) is 4.29. The van der Waals surface area contributed by atoms with E-state index in [-0.39, 0.29) is 17.5 Å². The molecule has 4 nitrogen and oxygen atoms in total. The van der Waals surface area contributed by atoms with Crippen molar-refractivity contribution in [1.29, 1.82) is 0 Å². The second-order valence-corrected chi connectivity index (χ2v) is 6.03. The Hall–Kier alpha value is -1.36. The van der Waals surface area contributed by atoms with Crippen molar-refractivity contribution in [2.45, 2.75) is 25.7 Å². The molecule has 1 atom stereocenters. The Morgan fingerprint density at radius 2 is 2.05 bits per heavy atom. The number of halogens is 1. The van der Waals surface area contributed by atoms with Gasteiger partial charge in [-0.15, -0.1) is 0 Å². The van der Waals surface area contributed by atoms with Gasteiger partial charge in [0.05, 0.1) is 17.7 Å². The summed E-state index contributed by atoms with van der Waals surface area (Å²) in [6.07, 6.45) is 2.36. The van der Waals surface area contributed by atoms with E-state index in [9.17, 15) is 9.59 Å². The Labute approximate surface area is 125 Å². The van der Waals surface area contributed by atoms with Crippen molar-refractivity contribution in [3.8, 4) is 11.5 Å². The van der Waals surface area contributed by atoms with Crippen LogP contribution in [-0.2, 0) is 4.79 Å². The molecule has 0 saturated heterocycles. The first kappa shape index (κ1) is 13.6. The lowest BCUT2D eigenvalue weighted by Crippen LogP contribution is -2.12. The summed E-state index contributed by atoms with van der Waals surface area (Å²) < 4.78 is 12.0. The Morgan fingerprint density at radius 1 is 1.25 bits per heavy atom. The number of fused-ring (bicyclic) bond motifs is 1. The highest BCUT2D eigenvalue weighted by Crippen LogP contribution is 2.39. The van der Waals surface area contributed by atoms with Crippen molar-refractivity contribution >= 4 is 27.5 Å². The number of hydrogen-bond acceptors (Lipinski definition) is 4. The molecule has 0 amide bonds. The number of carbonyl (C=O) groups is 2. The molecule has 0 bridgehead atoms. The second kappa shape index (κ2) is 5.56. The summed E-state index contributed by atoms with van der Waals surface area (Å²) in [5.74, 6) is 1.27. The number of Topliss-reactive ketones (excluding diaryl/α,β-unsaturated/α-hetero) is 2. The van der Waals surface area contributed by atoms with E-state index in [2.05, 4.69) is 15.9 Å². The molecule has 1 saturated carbocycles. The average molecular weight is 339 g/mol. The van der Waals surface area contributed by atoms with Gasteiger partial charge in [0.15, 0.2) is 17.3 Å². The van der Waals surface area contributed by atoms with Gasteiger partial charge in [0, 0.05) is 30.7 Å². The molecule has 1 heterocycles. The maximum absolute atomic E-state index is 12.4. The summed E-state index contributed by atoms with van der Waals surface area (Å²) in [4.78, 5) is 23.8. The molecule has 0 spiro atoms. The molecule has 0 N–H and O–H groups in total. The van der Waals surface area contributed by atoms with Crippen LogP contribution in [0.3, 0.4) is 0 Å². The third kappa shape index (κ3) is 2.59.